The van der Waals surface area contributed by atoms with Crippen molar-refractivity contribution in [2.24, 2.45) is 0 Å². The van der Waals surface area contributed by atoms with Gasteiger partial charge in [0.05, 0.1) is 16.8 Å². The lowest BCUT2D eigenvalue weighted by Crippen LogP contribution is -2.50. The number of hydrogen-bond donors (Lipinski definition) is 0. The van der Waals surface area contributed by atoms with Crippen LogP contribution in [0.5, 0.6) is 0 Å². The Hall–Kier alpha value is -3.48. The van der Waals surface area contributed by atoms with E-state index < -0.39 is 5.97 Å². The molecule has 1 saturated heterocycles. The zero-order chi connectivity index (χ0) is 20.2. The number of halogens is 1. The number of carbonyl (C=O) groups is 2. The number of aromatic nitrogens is 1. The molecule has 0 unspecified atom stereocenters. The number of hydrogen-bond acceptors (Lipinski definition) is 5. The van der Waals surface area contributed by atoms with E-state index in [9.17, 15) is 14.0 Å². The molecule has 2 aromatic carbocycles. The highest BCUT2D eigenvalue weighted by atomic mass is 19.1. The maximum atomic E-state index is 13.9. The summed E-state index contributed by atoms with van der Waals surface area (Å²) in [4.78, 5) is 32.7. The Kier molecular flexibility index (Phi) is 5.37. The van der Waals surface area contributed by atoms with Crippen LogP contribution in [0.25, 0.3) is 10.9 Å². The summed E-state index contributed by atoms with van der Waals surface area (Å²) in [6.45, 7) is 1.60. The van der Waals surface area contributed by atoms with Gasteiger partial charge in [0, 0.05) is 37.8 Å². The van der Waals surface area contributed by atoms with E-state index >= 15 is 0 Å². The summed E-state index contributed by atoms with van der Waals surface area (Å²) in [6.07, 6.45) is 1.61. The molecule has 0 N–H and O–H groups in total. The summed E-state index contributed by atoms with van der Waals surface area (Å²) in [7, 11) is 0. The molecule has 0 atom stereocenters. The predicted molar refractivity (Wildman–Crippen MR) is 107 cm³/mol. The molecule has 2 heterocycles. The van der Waals surface area contributed by atoms with Crippen LogP contribution in [0.2, 0.25) is 0 Å². The van der Waals surface area contributed by atoms with E-state index in [2.05, 4.69) is 4.98 Å². The molecule has 3 aromatic rings. The molecule has 1 aromatic heterocycles. The molecule has 0 saturated carbocycles. The van der Waals surface area contributed by atoms with Gasteiger partial charge in [-0.05, 0) is 24.3 Å². The first-order valence-electron chi connectivity index (χ1n) is 9.41. The Morgan fingerprint density at radius 1 is 0.966 bits per heavy atom. The highest BCUT2D eigenvalue weighted by Gasteiger charge is 2.24. The average molecular weight is 393 g/mol. The highest BCUT2D eigenvalue weighted by molar-refractivity contribution is 6.03. The summed E-state index contributed by atoms with van der Waals surface area (Å²) >= 11 is 0. The third-order valence-corrected chi connectivity index (χ3v) is 5.00. The van der Waals surface area contributed by atoms with E-state index in [0.717, 1.165) is 5.39 Å². The molecule has 6 nitrogen and oxygen atoms in total. The standard InChI is InChI=1S/C22H20FN3O3/c23-18-8-1-2-9-19(18)25-11-13-26(14-12-25)20(27)15-29-22(28)17-7-3-5-16-6-4-10-24-21(16)17/h1-10H,11-15H2. The topological polar surface area (TPSA) is 62.7 Å². The second-order valence-electron chi connectivity index (χ2n) is 6.78. The molecule has 0 radical (unpaired) electrons. The molecule has 148 valence electrons. The van der Waals surface area contributed by atoms with E-state index in [-0.39, 0.29) is 18.3 Å². The van der Waals surface area contributed by atoms with Crippen LogP contribution in [0, 0.1) is 5.82 Å². The molecule has 0 spiro atoms. The van der Waals surface area contributed by atoms with Crippen molar-refractivity contribution in [3.8, 4) is 0 Å². The number of anilines is 1. The number of fused-ring (bicyclic) bond motifs is 1. The molecule has 7 heteroatoms. The second-order valence-corrected chi connectivity index (χ2v) is 6.78. The van der Waals surface area contributed by atoms with Crippen LogP contribution in [0.1, 0.15) is 10.4 Å². The largest absolute Gasteiger partial charge is 0.452 e. The SMILES string of the molecule is O=C(OCC(=O)N1CCN(c2ccccc2F)CC1)c1cccc2cccnc12. The van der Waals surface area contributed by atoms with E-state index in [1.165, 1.54) is 6.07 Å². The predicted octanol–water partition coefficient (Wildman–Crippen LogP) is 2.88. The van der Waals surface area contributed by atoms with Gasteiger partial charge in [0.2, 0.25) is 0 Å². The van der Waals surface area contributed by atoms with Crippen molar-refractivity contribution in [3.05, 3.63) is 72.2 Å². The average Bonchev–Trinajstić information content (AvgIpc) is 2.77. The zero-order valence-corrected chi connectivity index (χ0v) is 15.8. The minimum Gasteiger partial charge on any atom is -0.452 e. The van der Waals surface area contributed by atoms with Crippen LogP contribution >= 0.6 is 0 Å². The highest BCUT2D eigenvalue weighted by Crippen LogP contribution is 2.20. The molecule has 29 heavy (non-hydrogen) atoms. The second kappa shape index (κ2) is 8.26. The lowest BCUT2D eigenvalue weighted by atomic mass is 10.1. The first-order chi connectivity index (χ1) is 14.1. The van der Waals surface area contributed by atoms with Gasteiger partial charge in [-0.15, -0.1) is 0 Å². The minimum atomic E-state index is -0.576. The molecule has 0 bridgehead atoms. The number of rotatable bonds is 4. The first-order valence-corrected chi connectivity index (χ1v) is 9.41. The number of esters is 1. The third kappa shape index (κ3) is 4.03. The van der Waals surface area contributed by atoms with Gasteiger partial charge in [0.25, 0.3) is 5.91 Å². The lowest BCUT2D eigenvalue weighted by molar-refractivity contribution is -0.134. The Balaban J connectivity index is 1.33. The van der Waals surface area contributed by atoms with Crippen molar-refractivity contribution >= 4 is 28.5 Å². The summed E-state index contributed by atoms with van der Waals surface area (Å²) in [5.41, 5.74) is 1.42. The van der Waals surface area contributed by atoms with E-state index in [4.69, 9.17) is 4.74 Å². The number of carbonyl (C=O) groups excluding carboxylic acids is 2. The van der Waals surface area contributed by atoms with Crippen LogP contribution in [0.15, 0.2) is 60.8 Å². The van der Waals surface area contributed by atoms with E-state index in [1.54, 1.807) is 47.5 Å². The van der Waals surface area contributed by atoms with Crippen molar-refractivity contribution in [1.82, 2.24) is 9.88 Å². The maximum absolute atomic E-state index is 13.9. The number of pyridine rings is 1. The van der Waals surface area contributed by atoms with Crippen molar-refractivity contribution in [1.29, 1.82) is 0 Å². The van der Waals surface area contributed by atoms with Crippen molar-refractivity contribution in [2.75, 3.05) is 37.7 Å². The summed E-state index contributed by atoms with van der Waals surface area (Å²) in [6, 6.07) is 15.5. The van der Waals surface area contributed by atoms with Gasteiger partial charge in [0.1, 0.15) is 5.82 Å². The number of benzene rings is 2. The summed E-state index contributed by atoms with van der Waals surface area (Å²) < 4.78 is 19.2. The van der Waals surface area contributed by atoms with Gasteiger partial charge in [-0.2, -0.15) is 0 Å². The number of para-hydroxylation sites is 2. The van der Waals surface area contributed by atoms with Gasteiger partial charge in [-0.3, -0.25) is 9.78 Å². The van der Waals surface area contributed by atoms with Crippen molar-refractivity contribution < 1.29 is 18.7 Å². The molecule has 1 fully saturated rings. The van der Waals surface area contributed by atoms with Crippen LogP contribution in [0.3, 0.4) is 0 Å². The van der Waals surface area contributed by atoms with E-state index in [0.29, 0.717) is 42.9 Å². The first kappa shape index (κ1) is 18.9. The Labute approximate surface area is 167 Å². The Morgan fingerprint density at radius 2 is 1.72 bits per heavy atom. The maximum Gasteiger partial charge on any atom is 0.340 e. The van der Waals surface area contributed by atoms with E-state index in [1.807, 2.05) is 17.0 Å². The normalized spacial score (nSPS) is 14.1. The Bertz CT molecular complexity index is 1040. The fourth-order valence-corrected chi connectivity index (χ4v) is 3.47. The number of ether oxygens (including phenoxy) is 1. The molecular weight excluding hydrogens is 373 g/mol. The van der Waals surface area contributed by atoms with Crippen molar-refractivity contribution in [3.63, 3.8) is 0 Å². The third-order valence-electron chi connectivity index (χ3n) is 5.00. The fraction of sp³-hybridized carbons (Fsp3) is 0.227. The molecule has 0 aliphatic carbocycles. The smallest absolute Gasteiger partial charge is 0.340 e. The molecular formula is C22H20FN3O3. The lowest BCUT2D eigenvalue weighted by Gasteiger charge is -2.36. The molecule has 1 aliphatic heterocycles. The number of nitrogens with zero attached hydrogens (tertiary/aromatic N) is 3. The quantitative estimate of drug-likeness (QED) is 0.638. The van der Waals surface area contributed by atoms with Crippen molar-refractivity contribution in [2.45, 2.75) is 0 Å². The summed E-state index contributed by atoms with van der Waals surface area (Å²) in [5.74, 6) is -1.11. The van der Waals surface area contributed by atoms with Crippen LogP contribution < -0.4 is 4.90 Å². The van der Waals surface area contributed by atoms with Gasteiger partial charge >= 0.3 is 5.97 Å². The Morgan fingerprint density at radius 3 is 2.52 bits per heavy atom. The molecule has 1 aliphatic rings. The number of amides is 1. The number of piperazine rings is 1. The minimum absolute atomic E-state index is 0.264. The van der Waals surface area contributed by atoms with Gasteiger partial charge in [0.15, 0.2) is 6.61 Å². The molecule has 4 rings (SSSR count). The van der Waals surface area contributed by atoms with Crippen LogP contribution in [0.4, 0.5) is 10.1 Å². The summed E-state index contributed by atoms with van der Waals surface area (Å²) in [5, 5.41) is 0.831. The van der Waals surface area contributed by atoms with Crippen LogP contribution in [-0.2, 0) is 9.53 Å². The molecule has 1 amide bonds. The van der Waals surface area contributed by atoms with Gasteiger partial charge in [-0.25, -0.2) is 9.18 Å². The van der Waals surface area contributed by atoms with Crippen LogP contribution in [-0.4, -0.2) is 54.5 Å². The zero-order valence-electron chi connectivity index (χ0n) is 15.8. The monoisotopic (exact) mass is 393 g/mol. The fourth-order valence-electron chi connectivity index (χ4n) is 3.47. The van der Waals surface area contributed by atoms with Gasteiger partial charge < -0.3 is 14.5 Å². The van der Waals surface area contributed by atoms with Gasteiger partial charge in [-0.1, -0.05) is 30.3 Å².